The van der Waals surface area contributed by atoms with Crippen LogP contribution in [0, 0.1) is 0 Å². The van der Waals surface area contributed by atoms with Crippen molar-refractivity contribution in [3.05, 3.63) is 24.2 Å². The molecule has 9 heteroatoms. The van der Waals surface area contributed by atoms with Crippen LogP contribution in [-0.2, 0) is 14.9 Å². The van der Waals surface area contributed by atoms with Crippen molar-refractivity contribution in [3.63, 3.8) is 0 Å². The van der Waals surface area contributed by atoms with Crippen LogP contribution in [0.3, 0.4) is 0 Å². The Morgan fingerprint density at radius 2 is 1.79 bits per heavy atom. The van der Waals surface area contributed by atoms with E-state index >= 15 is 0 Å². The van der Waals surface area contributed by atoms with E-state index in [0.29, 0.717) is 12.2 Å². The number of carbonyl (C=O) groups is 1. The van der Waals surface area contributed by atoms with Crippen LogP contribution < -0.4 is 34.9 Å². The summed E-state index contributed by atoms with van der Waals surface area (Å²) in [5.41, 5.74) is 0. The number of unbranched alkanes of at least 4 members (excludes halogenated alkanes) is 7. The molecule has 0 saturated carbocycles. The predicted molar refractivity (Wildman–Crippen MR) is 102 cm³/mol. The van der Waals surface area contributed by atoms with E-state index in [1.807, 2.05) is 0 Å². The van der Waals surface area contributed by atoms with Gasteiger partial charge in [-0.25, -0.2) is 13.2 Å². The maximum absolute atomic E-state index is 11.9. The Morgan fingerprint density at radius 1 is 1.14 bits per heavy atom. The smallest absolute Gasteiger partial charge is 0.748 e. The summed E-state index contributed by atoms with van der Waals surface area (Å²) in [6.45, 7) is 2.28. The molecule has 0 radical (unpaired) electrons. The van der Waals surface area contributed by atoms with E-state index in [1.165, 1.54) is 44.8 Å². The molecule has 1 rings (SSSR count). The van der Waals surface area contributed by atoms with Crippen molar-refractivity contribution in [2.45, 2.75) is 77.2 Å². The number of rotatable bonds is 15. The number of hydrogen-bond acceptors (Lipinski definition) is 6. The minimum atomic E-state index is -4.26. The molecule has 28 heavy (non-hydrogen) atoms. The average molecular weight is 426 g/mol. The van der Waals surface area contributed by atoms with Gasteiger partial charge in [-0.05, 0) is 31.4 Å². The standard InChI is InChI=1S/C19H33NO6S.Na/c1-2-3-4-5-6-7-8-9-12-18(17-13-10-15-25-17)26-19(21)20-14-11-16-27(22,23)24;/h10,13,15,18H,2-9,11-12,14,16H2,1H3,(H,20,21)(H,22,23,24);/q;+1/p-1/t18-;/m0./s1. The Kier molecular flexibility index (Phi) is 16.0. The van der Waals surface area contributed by atoms with Crippen LogP contribution >= 0.6 is 0 Å². The Balaban J connectivity index is 0.00000729. The van der Waals surface area contributed by atoms with Crippen LogP contribution in [0.15, 0.2) is 22.8 Å². The maximum Gasteiger partial charge on any atom is 1.00 e. The first-order valence-corrected chi connectivity index (χ1v) is 11.4. The number of ether oxygens (including phenoxy) is 1. The van der Waals surface area contributed by atoms with Crippen LogP contribution in [-0.4, -0.2) is 31.4 Å². The maximum atomic E-state index is 11.9. The molecular formula is C19H32NNaO6S. The first-order valence-electron chi connectivity index (χ1n) is 9.84. The number of amides is 1. The first-order chi connectivity index (χ1) is 12.9. The summed E-state index contributed by atoms with van der Waals surface area (Å²) in [6.07, 6.45) is 10.7. The molecule has 1 amide bonds. The number of carbonyl (C=O) groups excluding carboxylic acids is 1. The molecule has 0 bridgehead atoms. The minimum Gasteiger partial charge on any atom is -0.748 e. The van der Waals surface area contributed by atoms with E-state index in [9.17, 15) is 17.8 Å². The number of furan rings is 1. The van der Waals surface area contributed by atoms with Gasteiger partial charge in [-0.3, -0.25) is 0 Å². The summed E-state index contributed by atoms with van der Waals surface area (Å²) in [7, 11) is -4.26. The van der Waals surface area contributed by atoms with Crippen LogP contribution in [0.2, 0.25) is 0 Å². The van der Waals surface area contributed by atoms with Crippen LogP contribution in [0.4, 0.5) is 4.79 Å². The van der Waals surface area contributed by atoms with Gasteiger partial charge in [0.2, 0.25) is 0 Å². The van der Waals surface area contributed by atoms with Gasteiger partial charge < -0.3 is 19.0 Å². The van der Waals surface area contributed by atoms with E-state index in [1.54, 1.807) is 12.1 Å². The van der Waals surface area contributed by atoms with Crippen LogP contribution in [0.1, 0.15) is 83.0 Å². The summed E-state index contributed by atoms with van der Waals surface area (Å²) < 4.78 is 42.4. The Labute approximate surface area is 191 Å². The Morgan fingerprint density at radius 3 is 2.36 bits per heavy atom. The number of hydrogen-bond donors (Lipinski definition) is 1. The van der Waals surface area contributed by atoms with E-state index in [2.05, 4.69) is 12.2 Å². The zero-order chi connectivity index (χ0) is 20.0. The molecule has 1 aromatic rings. The molecule has 1 atom stereocenters. The third-order valence-electron chi connectivity index (χ3n) is 4.27. The average Bonchev–Trinajstić information content (AvgIpc) is 3.14. The second-order valence-electron chi connectivity index (χ2n) is 6.72. The van der Waals surface area contributed by atoms with Gasteiger partial charge in [-0.1, -0.05) is 51.9 Å². The van der Waals surface area contributed by atoms with Gasteiger partial charge in [0.15, 0.2) is 6.10 Å². The molecule has 7 nitrogen and oxygen atoms in total. The van der Waals surface area contributed by atoms with Gasteiger partial charge in [0, 0.05) is 12.3 Å². The predicted octanol–water partition coefficient (Wildman–Crippen LogP) is 1.52. The van der Waals surface area contributed by atoms with Crippen molar-refractivity contribution in [3.8, 4) is 0 Å². The molecule has 0 fully saturated rings. The van der Waals surface area contributed by atoms with Crippen LogP contribution in [0.25, 0.3) is 0 Å². The Bertz CT molecular complexity index is 606. The molecule has 1 aromatic heterocycles. The van der Waals surface area contributed by atoms with Gasteiger partial charge in [-0.2, -0.15) is 0 Å². The van der Waals surface area contributed by atoms with E-state index in [-0.39, 0.29) is 42.5 Å². The normalized spacial score (nSPS) is 12.2. The summed E-state index contributed by atoms with van der Waals surface area (Å²) in [5.74, 6) is 0.0860. The quantitative estimate of drug-likeness (QED) is 0.259. The summed E-state index contributed by atoms with van der Waals surface area (Å²) in [5, 5.41) is 2.47. The van der Waals surface area contributed by atoms with Gasteiger partial charge in [0.25, 0.3) is 0 Å². The summed E-state index contributed by atoms with van der Waals surface area (Å²) in [4.78, 5) is 11.9. The van der Waals surface area contributed by atoms with Crippen molar-refractivity contribution in [1.29, 1.82) is 0 Å². The third kappa shape index (κ3) is 14.5. The molecule has 156 valence electrons. The molecular weight excluding hydrogens is 393 g/mol. The zero-order valence-electron chi connectivity index (χ0n) is 17.2. The molecule has 0 aliphatic rings. The zero-order valence-corrected chi connectivity index (χ0v) is 20.0. The third-order valence-corrected chi connectivity index (χ3v) is 5.06. The fourth-order valence-electron chi connectivity index (χ4n) is 2.81. The van der Waals surface area contributed by atoms with Gasteiger partial charge >= 0.3 is 35.7 Å². The molecule has 0 aromatic carbocycles. The van der Waals surface area contributed by atoms with E-state index < -0.39 is 28.1 Å². The molecule has 1 N–H and O–H groups in total. The summed E-state index contributed by atoms with van der Waals surface area (Å²) in [6, 6.07) is 3.52. The molecule has 0 saturated heterocycles. The number of nitrogens with one attached hydrogen (secondary N) is 1. The second kappa shape index (κ2) is 16.3. The summed E-state index contributed by atoms with van der Waals surface area (Å²) >= 11 is 0. The van der Waals surface area contributed by atoms with Crippen LogP contribution in [0.5, 0.6) is 0 Å². The molecule has 0 spiro atoms. The van der Waals surface area contributed by atoms with E-state index in [0.717, 1.165) is 12.8 Å². The first kappa shape index (κ1) is 27.5. The monoisotopic (exact) mass is 425 g/mol. The van der Waals surface area contributed by atoms with Gasteiger partial charge in [0.05, 0.1) is 16.4 Å². The van der Waals surface area contributed by atoms with E-state index in [4.69, 9.17) is 9.15 Å². The van der Waals surface area contributed by atoms with Crippen molar-refractivity contribution >= 4 is 16.2 Å². The van der Waals surface area contributed by atoms with Crippen molar-refractivity contribution < 1.29 is 56.5 Å². The Hall–Kier alpha value is -0.540. The van der Waals surface area contributed by atoms with Crippen molar-refractivity contribution in [2.24, 2.45) is 0 Å². The number of alkyl carbamates (subject to hydrolysis) is 1. The fourth-order valence-corrected chi connectivity index (χ4v) is 3.31. The molecule has 0 unspecified atom stereocenters. The largest absolute Gasteiger partial charge is 1.00 e. The second-order valence-corrected chi connectivity index (χ2v) is 8.24. The molecule has 1 heterocycles. The van der Waals surface area contributed by atoms with Gasteiger partial charge in [0.1, 0.15) is 5.76 Å². The minimum absolute atomic E-state index is 0. The fraction of sp³-hybridized carbons (Fsp3) is 0.737. The topological polar surface area (TPSA) is 109 Å². The van der Waals surface area contributed by atoms with Crippen molar-refractivity contribution in [2.75, 3.05) is 12.3 Å². The molecule has 0 aliphatic heterocycles. The van der Waals surface area contributed by atoms with Gasteiger partial charge in [-0.15, -0.1) is 0 Å². The molecule has 0 aliphatic carbocycles. The SMILES string of the molecule is CCCCCCCCCC[C@H](OC(=O)NCCCS(=O)(=O)[O-])c1ccco1.[Na+]. The van der Waals surface area contributed by atoms with Crippen molar-refractivity contribution in [1.82, 2.24) is 5.32 Å².